The Morgan fingerprint density at radius 1 is 0.255 bits per heavy atom. The second-order valence-electron chi connectivity index (χ2n) is 30.4. The third-order valence-electron chi connectivity index (χ3n) is 18.3. The maximum absolute atomic E-state index is 13.1. The smallest absolute Gasteiger partial charge is 0.462 e. The Kier molecular flexibility index (Phi) is 66.8. The molecule has 0 aromatic rings. The van der Waals surface area contributed by atoms with E-state index >= 15 is 0 Å². The fourth-order valence-electron chi connectivity index (χ4n) is 12.1. The quantitative estimate of drug-likeness (QED) is 0.0222. The molecule has 0 aliphatic heterocycles. The fraction of sp³-hybridized carbons (Fsp3) is 0.949. The van der Waals surface area contributed by atoms with Crippen LogP contribution in [0.2, 0.25) is 0 Å². The summed E-state index contributed by atoms with van der Waals surface area (Å²) in [5.41, 5.74) is 0. The number of phosphoric ester groups is 2. The van der Waals surface area contributed by atoms with E-state index in [0.717, 1.165) is 114 Å². The van der Waals surface area contributed by atoms with Crippen LogP contribution in [0.5, 0.6) is 0 Å². The number of phosphoric acid groups is 2. The lowest BCUT2D eigenvalue weighted by atomic mass is 10.0. The molecule has 2 unspecified atom stereocenters. The average molecular weight is 1440 g/mol. The van der Waals surface area contributed by atoms with Crippen LogP contribution in [0.15, 0.2) is 0 Å². The molecule has 0 aliphatic rings. The molecule has 0 spiro atoms. The third-order valence-corrected chi connectivity index (χ3v) is 20.2. The predicted octanol–water partition coefficient (Wildman–Crippen LogP) is 23.2. The van der Waals surface area contributed by atoms with Gasteiger partial charge in [0.1, 0.15) is 19.3 Å². The average Bonchev–Trinajstić information content (AvgIpc) is 0.993. The van der Waals surface area contributed by atoms with Gasteiger partial charge in [0.15, 0.2) is 12.2 Å². The molecule has 0 aromatic carbocycles. The summed E-state index contributed by atoms with van der Waals surface area (Å²) in [5, 5.41) is 10.6. The van der Waals surface area contributed by atoms with E-state index in [2.05, 4.69) is 55.4 Å². The van der Waals surface area contributed by atoms with Gasteiger partial charge in [-0.3, -0.25) is 37.3 Å². The van der Waals surface area contributed by atoms with Gasteiger partial charge < -0.3 is 33.8 Å². The number of aliphatic hydroxyl groups excluding tert-OH is 1. The molecule has 0 saturated heterocycles. The van der Waals surface area contributed by atoms with Crippen LogP contribution in [0.4, 0.5) is 0 Å². The molecule has 3 N–H and O–H groups in total. The zero-order valence-electron chi connectivity index (χ0n) is 64.4. The molecular formula is C79H154O17P2. The molecule has 0 aromatic heterocycles. The lowest BCUT2D eigenvalue weighted by molar-refractivity contribution is -0.161. The Balaban J connectivity index is 5.26. The first-order valence-corrected chi connectivity index (χ1v) is 43.7. The molecule has 98 heavy (non-hydrogen) atoms. The van der Waals surface area contributed by atoms with E-state index in [1.54, 1.807) is 0 Å². The first-order chi connectivity index (χ1) is 47.1. The van der Waals surface area contributed by atoms with Crippen LogP contribution in [-0.4, -0.2) is 96.7 Å². The number of aliphatic hydroxyl groups is 1. The van der Waals surface area contributed by atoms with E-state index in [1.165, 1.54) is 205 Å². The van der Waals surface area contributed by atoms with Crippen molar-refractivity contribution in [2.45, 2.75) is 420 Å². The summed E-state index contributed by atoms with van der Waals surface area (Å²) in [7, 11) is -9.92. The molecule has 0 heterocycles. The van der Waals surface area contributed by atoms with E-state index in [4.69, 9.17) is 37.0 Å². The molecule has 0 amide bonds. The monoisotopic (exact) mass is 1440 g/mol. The number of ether oxygens (including phenoxy) is 4. The second kappa shape index (κ2) is 68.2. The Bertz CT molecular complexity index is 1920. The molecule has 0 radical (unpaired) electrons. The number of hydrogen-bond acceptors (Lipinski definition) is 15. The van der Waals surface area contributed by atoms with Crippen LogP contribution < -0.4 is 0 Å². The highest BCUT2D eigenvalue weighted by Crippen LogP contribution is 2.45. The van der Waals surface area contributed by atoms with E-state index in [1.807, 2.05) is 0 Å². The molecular weight excluding hydrogens is 1280 g/mol. The summed E-state index contributed by atoms with van der Waals surface area (Å²) in [4.78, 5) is 73.0. The Morgan fingerprint density at radius 3 is 0.633 bits per heavy atom. The molecule has 0 bridgehead atoms. The van der Waals surface area contributed by atoms with Crippen LogP contribution in [0.1, 0.15) is 402 Å². The van der Waals surface area contributed by atoms with Gasteiger partial charge in [0, 0.05) is 25.7 Å². The predicted molar refractivity (Wildman–Crippen MR) is 400 cm³/mol. The van der Waals surface area contributed by atoms with E-state index in [0.29, 0.717) is 25.7 Å². The minimum atomic E-state index is -4.96. The van der Waals surface area contributed by atoms with E-state index < -0.39 is 97.5 Å². The first kappa shape index (κ1) is 96.1. The summed E-state index contributed by atoms with van der Waals surface area (Å²) < 4.78 is 68.7. The Labute approximate surface area is 600 Å². The molecule has 0 aliphatic carbocycles. The van der Waals surface area contributed by atoms with Gasteiger partial charge in [0.25, 0.3) is 0 Å². The minimum absolute atomic E-state index is 0.105. The largest absolute Gasteiger partial charge is 0.472 e. The number of hydrogen-bond donors (Lipinski definition) is 3. The lowest BCUT2D eigenvalue weighted by Crippen LogP contribution is -2.30. The molecule has 17 nitrogen and oxygen atoms in total. The van der Waals surface area contributed by atoms with Crippen molar-refractivity contribution in [3.63, 3.8) is 0 Å². The van der Waals surface area contributed by atoms with Crippen molar-refractivity contribution in [1.82, 2.24) is 0 Å². The molecule has 0 rings (SSSR count). The zero-order valence-corrected chi connectivity index (χ0v) is 66.2. The summed E-state index contributed by atoms with van der Waals surface area (Å²) >= 11 is 0. The highest BCUT2D eigenvalue weighted by atomic mass is 31.2. The number of rotatable bonds is 76. The van der Waals surface area contributed by atoms with Crippen LogP contribution >= 0.6 is 15.6 Å². The summed E-state index contributed by atoms with van der Waals surface area (Å²) in [6.45, 7) is 14.2. The van der Waals surface area contributed by atoms with Gasteiger partial charge in [-0.15, -0.1) is 0 Å². The number of carbonyl (C=O) groups is 4. The second-order valence-corrected chi connectivity index (χ2v) is 33.3. The number of esters is 4. The van der Waals surface area contributed by atoms with Crippen molar-refractivity contribution in [3.8, 4) is 0 Å². The zero-order chi connectivity index (χ0) is 72.4. The lowest BCUT2D eigenvalue weighted by Gasteiger charge is -2.21. The van der Waals surface area contributed by atoms with Crippen molar-refractivity contribution in [1.29, 1.82) is 0 Å². The molecule has 5 atom stereocenters. The van der Waals surface area contributed by atoms with Crippen LogP contribution in [0, 0.1) is 23.7 Å². The SMILES string of the molecule is CC(C)CCCCCCCCCCCCCCCCCC(=O)O[C@H](COC(=O)CCCCCCCCCCCCCCCC(C)C)COP(=O)(O)OC[C@@H](O)COP(=O)(O)OC[C@@H](COC(=O)CCCCCCCCCCCC(C)C)OC(=O)CCCCCCCCCCCC(C)C. The van der Waals surface area contributed by atoms with Gasteiger partial charge in [-0.1, -0.05) is 351 Å². The van der Waals surface area contributed by atoms with Crippen LogP contribution in [0.3, 0.4) is 0 Å². The summed E-state index contributed by atoms with van der Waals surface area (Å²) in [6.07, 6.45) is 54.1. The van der Waals surface area contributed by atoms with Crippen LogP contribution in [-0.2, 0) is 65.4 Å². The number of unbranched alkanes of at least 4 members (excludes halogenated alkanes) is 42. The Morgan fingerprint density at radius 2 is 0.429 bits per heavy atom. The fourth-order valence-corrected chi connectivity index (χ4v) is 13.7. The molecule has 19 heteroatoms. The van der Waals surface area contributed by atoms with Crippen molar-refractivity contribution >= 4 is 39.5 Å². The minimum Gasteiger partial charge on any atom is -0.462 e. The van der Waals surface area contributed by atoms with Gasteiger partial charge in [-0.2, -0.15) is 0 Å². The van der Waals surface area contributed by atoms with E-state index in [-0.39, 0.29) is 25.7 Å². The van der Waals surface area contributed by atoms with Gasteiger partial charge in [0.2, 0.25) is 0 Å². The van der Waals surface area contributed by atoms with Crippen LogP contribution in [0.25, 0.3) is 0 Å². The maximum Gasteiger partial charge on any atom is 0.472 e. The molecule has 582 valence electrons. The van der Waals surface area contributed by atoms with Crippen molar-refractivity contribution < 1.29 is 80.2 Å². The highest BCUT2D eigenvalue weighted by molar-refractivity contribution is 7.47. The van der Waals surface area contributed by atoms with Crippen molar-refractivity contribution in [2.24, 2.45) is 23.7 Å². The molecule has 0 fully saturated rings. The highest BCUT2D eigenvalue weighted by Gasteiger charge is 2.30. The van der Waals surface area contributed by atoms with Gasteiger partial charge >= 0.3 is 39.5 Å². The van der Waals surface area contributed by atoms with E-state index in [9.17, 15) is 43.2 Å². The Hall–Kier alpha value is -1.94. The van der Waals surface area contributed by atoms with Gasteiger partial charge in [0.05, 0.1) is 26.4 Å². The first-order valence-electron chi connectivity index (χ1n) is 40.7. The summed E-state index contributed by atoms with van der Waals surface area (Å²) in [6, 6.07) is 0. The van der Waals surface area contributed by atoms with Gasteiger partial charge in [-0.05, 0) is 49.4 Å². The maximum atomic E-state index is 13.1. The summed E-state index contributed by atoms with van der Waals surface area (Å²) in [5.74, 6) is 0.957. The standard InChI is InChI=1S/C79H154O17P2/c1-69(2)55-47-39-31-23-17-13-10-9-11-15-20-28-37-45-53-61-78(83)95-74(65-89-76(81)59-51-43-35-27-19-16-12-14-18-24-32-40-48-56-70(3)4)67-93-97(85,86)91-63-73(80)64-92-98(87,88)94-68-75(96-79(84)62-54-46-38-30-22-26-34-42-50-58-72(7)8)66-90-77(82)60-52-44-36-29-21-25-33-41-49-57-71(5)6/h69-75,80H,9-68H2,1-8H3,(H,85,86)(H,87,88)/t73-,74-,75-/m1/s1. The number of carbonyl (C=O) groups excluding carboxylic acids is 4. The third kappa shape index (κ3) is 72.4. The van der Waals surface area contributed by atoms with Crippen molar-refractivity contribution in [3.05, 3.63) is 0 Å². The van der Waals surface area contributed by atoms with Crippen molar-refractivity contribution in [2.75, 3.05) is 39.6 Å². The topological polar surface area (TPSA) is 237 Å². The van der Waals surface area contributed by atoms with Gasteiger partial charge in [-0.25, -0.2) is 9.13 Å². The normalized spacial score (nSPS) is 14.1. The molecule has 0 saturated carbocycles.